The van der Waals surface area contributed by atoms with Gasteiger partial charge >= 0.3 is 0 Å². The third-order valence-electron chi connectivity index (χ3n) is 8.66. The second-order valence-corrected chi connectivity index (χ2v) is 11.3. The van der Waals surface area contributed by atoms with Crippen molar-refractivity contribution in [3.05, 3.63) is 188 Å². The smallest absolute Gasteiger partial charge is 0.0540 e. The largest absolute Gasteiger partial charge is 0.309 e. The van der Waals surface area contributed by atoms with E-state index < -0.39 is 0 Å². The van der Waals surface area contributed by atoms with E-state index in [1.165, 1.54) is 54.9 Å². The molecule has 0 aromatic heterocycles. The highest BCUT2D eigenvalue weighted by molar-refractivity contribution is 6.10. The minimum atomic E-state index is 1.13. The lowest BCUT2D eigenvalue weighted by molar-refractivity contribution is 1.30. The molecule has 8 aromatic rings. The lowest BCUT2D eigenvalue weighted by atomic mass is 9.90. The zero-order valence-electron chi connectivity index (χ0n) is 24.8. The molecule has 0 radical (unpaired) electrons. The summed E-state index contributed by atoms with van der Waals surface area (Å²) in [5, 5.41) is 4.91. The highest BCUT2D eigenvalue weighted by Crippen LogP contribution is 2.48. The zero-order valence-corrected chi connectivity index (χ0v) is 24.8. The van der Waals surface area contributed by atoms with Crippen LogP contribution >= 0.6 is 0 Å². The minimum Gasteiger partial charge on any atom is -0.309 e. The van der Waals surface area contributed by atoms with Crippen LogP contribution in [0.4, 0.5) is 17.1 Å². The molecular formula is C44H31N. The SMILES string of the molecule is c1ccc(-c2ccccc2N(c2ccccc2-c2cccc3cccc(-c4ccccc4)c23)c2cccc3ccccc23)cc1. The number of hydrogen-bond acceptors (Lipinski definition) is 1. The van der Waals surface area contributed by atoms with Gasteiger partial charge in [-0.2, -0.15) is 0 Å². The molecule has 0 heterocycles. The van der Waals surface area contributed by atoms with Crippen LogP contribution in [0.25, 0.3) is 54.9 Å². The number of para-hydroxylation sites is 2. The number of hydrogen-bond donors (Lipinski definition) is 0. The number of benzene rings is 8. The monoisotopic (exact) mass is 573 g/mol. The standard InChI is InChI=1S/C44H31N/c1-3-16-32(17-4-1)36-25-9-11-29-41(36)45(42-31-15-21-33-20-7-8-24-37(33)42)43-30-12-10-26-39(43)40-28-14-23-35-22-13-27-38(44(35)40)34-18-5-2-6-19-34/h1-31H. The summed E-state index contributed by atoms with van der Waals surface area (Å²) in [6, 6.07) is 67.7. The van der Waals surface area contributed by atoms with E-state index in [4.69, 9.17) is 0 Å². The molecule has 0 N–H and O–H groups in total. The van der Waals surface area contributed by atoms with E-state index >= 15 is 0 Å². The highest BCUT2D eigenvalue weighted by Gasteiger charge is 2.23. The molecule has 0 spiro atoms. The topological polar surface area (TPSA) is 3.24 Å². The molecule has 0 atom stereocenters. The van der Waals surface area contributed by atoms with Crippen LogP contribution in [0.2, 0.25) is 0 Å². The molecule has 0 amide bonds. The second-order valence-electron chi connectivity index (χ2n) is 11.3. The van der Waals surface area contributed by atoms with Crippen LogP contribution < -0.4 is 4.90 Å². The quantitative estimate of drug-likeness (QED) is 0.191. The molecule has 8 aromatic carbocycles. The number of anilines is 3. The summed E-state index contributed by atoms with van der Waals surface area (Å²) < 4.78 is 0. The maximum atomic E-state index is 2.46. The average Bonchev–Trinajstić information content (AvgIpc) is 3.12. The first-order valence-electron chi connectivity index (χ1n) is 15.5. The Bertz CT molecular complexity index is 2260. The summed E-state index contributed by atoms with van der Waals surface area (Å²) in [6.07, 6.45) is 0. The van der Waals surface area contributed by atoms with Crippen molar-refractivity contribution in [3.63, 3.8) is 0 Å². The molecule has 0 aliphatic rings. The summed E-state index contributed by atoms with van der Waals surface area (Å²) >= 11 is 0. The molecule has 8 rings (SSSR count). The third-order valence-corrected chi connectivity index (χ3v) is 8.66. The van der Waals surface area contributed by atoms with Crippen molar-refractivity contribution in [2.75, 3.05) is 4.90 Å². The van der Waals surface area contributed by atoms with Gasteiger partial charge in [-0.3, -0.25) is 0 Å². The van der Waals surface area contributed by atoms with E-state index in [2.05, 4.69) is 193 Å². The van der Waals surface area contributed by atoms with Crippen LogP contribution in [0.5, 0.6) is 0 Å². The lowest BCUT2D eigenvalue weighted by Gasteiger charge is -2.31. The summed E-state index contributed by atoms with van der Waals surface area (Å²) in [7, 11) is 0. The maximum Gasteiger partial charge on any atom is 0.0540 e. The Hall–Kier alpha value is -5.92. The second kappa shape index (κ2) is 11.6. The first kappa shape index (κ1) is 26.7. The molecule has 1 nitrogen and oxygen atoms in total. The molecule has 0 fully saturated rings. The first-order chi connectivity index (χ1) is 22.4. The fraction of sp³-hybridized carbons (Fsp3) is 0. The maximum absolute atomic E-state index is 2.46. The summed E-state index contributed by atoms with van der Waals surface area (Å²) in [6.45, 7) is 0. The van der Waals surface area contributed by atoms with Gasteiger partial charge < -0.3 is 4.90 Å². The minimum absolute atomic E-state index is 1.13. The summed E-state index contributed by atoms with van der Waals surface area (Å²) in [5.41, 5.74) is 10.6. The number of nitrogens with zero attached hydrogens (tertiary/aromatic N) is 1. The van der Waals surface area contributed by atoms with Gasteiger partial charge in [-0.15, -0.1) is 0 Å². The van der Waals surface area contributed by atoms with Crippen LogP contribution in [0, 0.1) is 0 Å². The number of fused-ring (bicyclic) bond motifs is 2. The van der Waals surface area contributed by atoms with Gasteiger partial charge in [0, 0.05) is 16.5 Å². The van der Waals surface area contributed by atoms with E-state index in [0.29, 0.717) is 0 Å². The van der Waals surface area contributed by atoms with E-state index in [0.717, 1.165) is 17.1 Å². The van der Waals surface area contributed by atoms with Crippen molar-refractivity contribution in [2.45, 2.75) is 0 Å². The van der Waals surface area contributed by atoms with Gasteiger partial charge in [-0.1, -0.05) is 170 Å². The summed E-state index contributed by atoms with van der Waals surface area (Å²) in [5.74, 6) is 0. The Morgan fingerprint density at radius 1 is 0.267 bits per heavy atom. The lowest BCUT2D eigenvalue weighted by Crippen LogP contribution is -2.13. The predicted octanol–water partition coefficient (Wildman–Crippen LogP) is 12.5. The van der Waals surface area contributed by atoms with Crippen molar-refractivity contribution in [1.29, 1.82) is 0 Å². The van der Waals surface area contributed by atoms with Gasteiger partial charge in [0.2, 0.25) is 0 Å². The van der Waals surface area contributed by atoms with Crippen LogP contribution in [0.3, 0.4) is 0 Å². The Morgan fingerprint density at radius 3 is 1.44 bits per heavy atom. The average molecular weight is 574 g/mol. The summed E-state index contributed by atoms with van der Waals surface area (Å²) in [4.78, 5) is 2.46. The van der Waals surface area contributed by atoms with Gasteiger partial charge in [0.15, 0.2) is 0 Å². The third kappa shape index (κ3) is 4.85. The van der Waals surface area contributed by atoms with Gasteiger partial charge in [0.25, 0.3) is 0 Å². The Kier molecular flexibility index (Phi) is 6.90. The van der Waals surface area contributed by atoms with E-state index in [1.54, 1.807) is 0 Å². The van der Waals surface area contributed by atoms with E-state index in [9.17, 15) is 0 Å². The van der Waals surface area contributed by atoms with Crippen LogP contribution in [0.15, 0.2) is 188 Å². The van der Waals surface area contributed by atoms with Gasteiger partial charge in [-0.05, 0) is 56.6 Å². The van der Waals surface area contributed by atoms with Gasteiger partial charge in [-0.25, -0.2) is 0 Å². The van der Waals surface area contributed by atoms with Gasteiger partial charge in [0.1, 0.15) is 0 Å². The molecule has 0 unspecified atom stereocenters. The van der Waals surface area contributed by atoms with Crippen LogP contribution in [0.1, 0.15) is 0 Å². The van der Waals surface area contributed by atoms with Crippen molar-refractivity contribution >= 4 is 38.6 Å². The number of rotatable bonds is 6. The van der Waals surface area contributed by atoms with E-state index in [-0.39, 0.29) is 0 Å². The van der Waals surface area contributed by atoms with Crippen LogP contribution in [-0.2, 0) is 0 Å². The van der Waals surface area contributed by atoms with Gasteiger partial charge in [0.05, 0.1) is 17.1 Å². The molecule has 0 aliphatic carbocycles. The van der Waals surface area contributed by atoms with Crippen molar-refractivity contribution in [3.8, 4) is 33.4 Å². The van der Waals surface area contributed by atoms with Crippen LogP contribution in [-0.4, -0.2) is 0 Å². The molecule has 212 valence electrons. The molecule has 0 aliphatic heterocycles. The Morgan fingerprint density at radius 2 is 0.711 bits per heavy atom. The Labute approximate surface area is 264 Å². The molecule has 1 heteroatoms. The molecule has 45 heavy (non-hydrogen) atoms. The molecule has 0 saturated heterocycles. The van der Waals surface area contributed by atoms with Crippen molar-refractivity contribution in [1.82, 2.24) is 0 Å². The zero-order chi connectivity index (χ0) is 30.0. The predicted molar refractivity (Wildman–Crippen MR) is 192 cm³/mol. The van der Waals surface area contributed by atoms with E-state index in [1.807, 2.05) is 0 Å². The molecule has 0 bridgehead atoms. The fourth-order valence-electron chi connectivity index (χ4n) is 6.64. The Balaban J connectivity index is 1.45. The van der Waals surface area contributed by atoms with Crippen molar-refractivity contribution in [2.24, 2.45) is 0 Å². The first-order valence-corrected chi connectivity index (χ1v) is 15.5. The fourth-order valence-corrected chi connectivity index (χ4v) is 6.64. The normalized spacial score (nSPS) is 11.1. The van der Waals surface area contributed by atoms with Crippen molar-refractivity contribution < 1.29 is 0 Å². The molecular weight excluding hydrogens is 542 g/mol. The highest BCUT2D eigenvalue weighted by atomic mass is 15.1. The molecule has 0 saturated carbocycles.